The molecule has 78 valence electrons. The summed E-state index contributed by atoms with van der Waals surface area (Å²) >= 11 is 3.24. The highest BCUT2D eigenvalue weighted by Crippen LogP contribution is 2.24. The third kappa shape index (κ3) is 1.97. The summed E-state index contributed by atoms with van der Waals surface area (Å²) in [7, 11) is 0. The van der Waals surface area contributed by atoms with Gasteiger partial charge in [-0.1, -0.05) is 13.8 Å². The van der Waals surface area contributed by atoms with Crippen molar-refractivity contribution in [2.45, 2.75) is 26.8 Å². The number of rotatable bonds is 3. The van der Waals surface area contributed by atoms with Gasteiger partial charge in [-0.2, -0.15) is 5.10 Å². The lowest BCUT2D eigenvalue weighted by atomic mass is 10.1. The minimum Gasteiger partial charge on any atom is -0.478 e. The highest BCUT2D eigenvalue weighted by atomic mass is 79.9. The van der Waals surface area contributed by atoms with Gasteiger partial charge in [-0.3, -0.25) is 4.68 Å². The first kappa shape index (κ1) is 11.2. The molecule has 0 amide bonds. The van der Waals surface area contributed by atoms with Gasteiger partial charge in [-0.15, -0.1) is 0 Å². The lowest BCUT2D eigenvalue weighted by Crippen LogP contribution is -2.13. The first-order valence-corrected chi connectivity index (χ1v) is 5.20. The molecule has 1 aromatic heterocycles. The van der Waals surface area contributed by atoms with E-state index in [0.717, 1.165) is 0 Å². The monoisotopic (exact) mass is 260 g/mol. The maximum atomic E-state index is 10.7. The summed E-state index contributed by atoms with van der Waals surface area (Å²) in [6.07, 6.45) is 1.37. The molecule has 1 aromatic rings. The highest BCUT2D eigenvalue weighted by molar-refractivity contribution is 9.10. The standard InChI is InChI=1S/C9H13BrN2O2/c1-5(2)6(3)12-8(10)7(4-11-12)9(13)14/h4-6H,1-3H3,(H,13,14). The highest BCUT2D eigenvalue weighted by Gasteiger charge is 2.19. The normalized spacial score (nSPS) is 13.2. The van der Waals surface area contributed by atoms with Gasteiger partial charge in [0.1, 0.15) is 10.2 Å². The van der Waals surface area contributed by atoms with Crippen molar-refractivity contribution in [3.63, 3.8) is 0 Å². The molecule has 0 aliphatic carbocycles. The first-order valence-electron chi connectivity index (χ1n) is 4.41. The number of aromatic nitrogens is 2. The lowest BCUT2D eigenvalue weighted by Gasteiger charge is -2.17. The van der Waals surface area contributed by atoms with Gasteiger partial charge >= 0.3 is 5.97 Å². The fourth-order valence-corrected chi connectivity index (χ4v) is 1.74. The van der Waals surface area contributed by atoms with Crippen LogP contribution in [-0.4, -0.2) is 20.9 Å². The Bertz CT molecular complexity index is 347. The fourth-order valence-electron chi connectivity index (χ4n) is 1.06. The van der Waals surface area contributed by atoms with Crippen molar-refractivity contribution >= 4 is 21.9 Å². The maximum Gasteiger partial charge on any atom is 0.340 e. The molecule has 0 saturated carbocycles. The molecule has 1 rings (SSSR count). The maximum absolute atomic E-state index is 10.7. The quantitative estimate of drug-likeness (QED) is 0.909. The van der Waals surface area contributed by atoms with Crippen LogP contribution in [0.3, 0.4) is 0 Å². The van der Waals surface area contributed by atoms with Crippen molar-refractivity contribution in [1.29, 1.82) is 0 Å². The van der Waals surface area contributed by atoms with Crippen LogP contribution in [0.4, 0.5) is 0 Å². The lowest BCUT2D eigenvalue weighted by molar-refractivity contribution is 0.0695. The van der Waals surface area contributed by atoms with Crippen LogP contribution in [0, 0.1) is 5.92 Å². The predicted octanol–water partition coefficient (Wildman–Crippen LogP) is 2.56. The van der Waals surface area contributed by atoms with Crippen LogP contribution in [0.5, 0.6) is 0 Å². The Labute approximate surface area is 91.1 Å². The molecule has 0 saturated heterocycles. The summed E-state index contributed by atoms with van der Waals surface area (Å²) in [4.78, 5) is 10.7. The second-order valence-corrected chi connectivity index (χ2v) is 4.33. The summed E-state index contributed by atoms with van der Waals surface area (Å²) < 4.78 is 2.22. The van der Waals surface area contributed by atoms with Crippen molar-refractivity contribution in [2.75, 3.05) is 0 Å². The first-order chi connectivity index (χ1) is 6.45. The third-order valence-corrected chi connectivity index (χ3v) is 3.11. The molecule has 0 spiro atoms. The van der Waals surface area contributed by atoms with E-state index in [4.69, 9.17) is 5.11 Å². The topological polar surface area (TPSA) is 55.1 Å². The SMILES string of the molecule is CC(C)C(C)n1ncc(C(=O)O)c1Br. The number of halogens is 1. The van der Waals surface area contributed by atoms with Crippen LogP contribution in [0.1, 0.15) is 37.2 Å². The van der Waals surface area contributed by atoms with E-state index in [2.05, 4.69) is 34.9 Å². The molecule has 0 bridgehead atoms. The second kappa shape index (κ2) is 4.13. The molecule has 4 nitrogen and oxygen atoms in total. The van der Waals surface area contributed by atoms with Crippen LogP contribution < -0.4 is 0 Å². The van der Waals surface area contributed by atoms with Gasteiger partial charge in [-0.05, 0) is 28.8 Å². The average Bonchev–Trinajstić information content (AvgIpc) is 2.45. The van der Waals surface area contributed by atoms with Crippen molar-refractivity contribution in [3.05, 3.63) is 16.4 Å². The van der Waals surface area contributed by atoms with Gasteiger partial charge in [0.15, 0.2) is 0 Å². The Morgan fingerprint density at radius 3 is 2.50 bits per heavy atom. The van der Waals surface area contributed by atoms with E-state index < -0.39 is 5.97 Å². The van der Waals surface area contributed by atoms with E-state index in [1.165, 1.54) is 6.20 Å². The minimum absolute atomic E-state index is 0.178. The van der Waals surface area contributed by atoms with Crippen LogP contribution >= 0.6 is 15.9 Å². The van der Waals surface area contributed by atoms with Gasteiger partial charge in [0, 0.05) is 0 Å². The Morgan fingerprint density at radius 1 is 1.57 bits per heavy atom. The molecular weight excluding hydrogens is 248 g/mol. The zero-order valence-corrected chi connectivity index (χ0v) is 9.95. The smallest absolute Gasteiger partial charge is 0.340 e. The van der Waals surface area contributed by atoms with Crippen LogP contribution in [0.2, 0.25) is 0 Å². The second-order valence-electron chi connectivity index (χ2n) is 3.58. The minimum atomic E-state index is -0.959. The summed E-state index contributed by atoms with van der Waals surface area (Å²) in [5.74, 6) is -0.549. The van der Waals surface area contributed by atoms with Crippen molar-refractivity contribution in [3.8, 4) is 0 Å². The molecule has 0 radical (unpaired) electrons. The molecule has 0 aliphatic heterocycles. The van der Waals surface area contributed by atoms with Crippen molar-refractivity contribution in [2.24, 2.45) is 5.92 Å². The summed E-state index contributed by atoms with van der Waals surface area (Å²) in [5.41, 5.74) is 0.206. The number of carboxylic acid groups (broad SMARTS) is 1. The molecule has 0 aliphatic rings. The molecule has 0 aromatic carbocycles. The zero-order valence-electron chi connectivity index (χ0n) is 8.36. The van der Waals surface area contributed by atoms with Crippen LogP contribution in [-0.2, 0) is 0 Å². The number of hydrogen-bond acceptors (Lipinski definition) is 2. The van der Waals surface area contributed by atoms with E-state index in [1.54, 1.807) is 4.68 Å². The van der Waals surface area contributed by atoms with E-state index in [-0.39, 0.29) is 11.6 Å². The number of nitrogens with zero attached hydrogens (tertiary/aromatic N) is 2. The number of aromatic carboxylic acids is 1. The summed E-state index contributed by atoms with van der Waals surface area (Å²) in [6, 6.07) is 0.178. The number of carbonyl (C=O) groups is 1. The van der Waals surface area contributed by atoms with E-state index in [9.17, 15) is 4.79 Å². The van der Waals surface area contributed by atoms with Gasteiger partial charge in [-0.25, -0.2) is 4.79 Å². The van der Waals surface area contributed by atoms with E-state index in [0.29, 0.717) is 10.5 Å². The van der Waals surface area contributed by atoms with Gasteiger partial charge < -0.3 is 5.11 Å². The van der Waals surface area contributed by atoms with Crippen molar-refractivity contribution < 1.29 is 9.90 Å². The summed E-state index contributed by atoms with van der Waals surface area (Å²) in [6.45, 7) is 6.15. The molecule has 5 heteroatoms. The molecule has 1 heterocycles. The zero-order chi connectivity index (χ0) is 10.9. The van der Waals surface area contributed by atoms with Gasteiger partial charge in [0.25, 0.3) is 0 Å². The molecule has 0 fully saturated rings. The predicted molar refractivity (Wildman–Crippen MR) is 56.4 cm³/mol. The van der Waals surface area contributed by atoms with Crippen molar-refractivity contribution in [1.82, 2.24) is 9.78 Å². The summed E-state index contributed by atoms with van der Waals surface area (Å²) in [5, 5.41) is 12.9. The Morgan fingerprint density at radius 2 is 2.14 bits per heavy atom. The van der Waals surface area contributed by atoms with E-state index in [1.807, 2.05) is 6.92 Å². The fraction of sp³-hybridized carbons (Fsp3) is 0.556. The molecule has 14 heavy (non-hydrogen) atoms. The number of hydrogen-bond donors (Lipinski definition) is 1. The van der Waals surface area contributed by atoms with Crippen LogP contribution in [0.25, 0.3) is 0 Å². The van der Waals surface area contributed by atoms with E-state index >= 15 is 0 Å². The Kier molecular flexibility index (Phi) is 3.31. The van der Waals surface area contributed by atoms with Gasteiger partial charge in [0.05, 0.1) is 12.2 Å². The Balaban J connectivity index is 3.06. The largest absolute Gasteiger partial charge is 0.478 e. The molecule has 1 N–H and O–H groups in total. The van der Waals surface area contributed by atoms with Gasteiger partial charge in [0.2, 0.25) is 0 Å². The average molecular weight is 261 g/mol. The molecule has 1 unspecified atom stereocenters. The van der Waals surface area contributed by atoms with Crippen LogP contribution in [0.15, 0.2) is 10.8 Å². The molecular formula is C9H13BrN2O2. The Hall–Kier alpha value is -0.840. The molecule has 1 atom stereocenters. The third-order valence-electron chi connectivity index (χ3n) is 2.32. The number of carboxylic acids is 1.